The summed E-state index contributed by atoms with van der Waals surface area (Å²) in [6, 6.07) is 0. The van der Waals surface area contributed by atoms with Gasteiger partial charge in [-0.1, -0.05) is 0 Å². The Morgan fingerprint density at radius 3 is 0.750 bits per heavy atom. The molecule has 0 atom stereocenters. The van der Waals surface area contributed by atoms with Gasteiger partial charge in [0.1, 0.15) is 0 Å². The predicted octanol–water partition coefficient (Wildman–Crippen LogP) is -0.980. The minimum atomic E-state index is 0. The SMILES string of the molecule is N.[B-].[B-].[Ca+2]. The van der Waals surface area contributed by atoms with Crippen molar-refractivity contribution < 1.29 is 0 Å². The zero-order chi connectivity index (χ0) is 0. The summed E-state index contributed by atoms with van der Waals surface area (Å²) in [4.78, 5) is 0. The van der Waals surface area contributed by atoms with Gasteiger partial charge in [0.05, 0.1) is 0 Å². The zero-order valence-corrected chi connectivity index (χ0v) is 4.78. The maximum absolute atomic E-state index is 0. The topological polar surface area (TPSA) is 35.0 Å². The van der Waals surface area contributed by atoms with Crippen molar-refractivity contribution in [3.05, 3.63) is 0 Å². The molecule has 0 aromatic carbocycles. The molecular formula is H3B2CaN. The molecule has 0 spiro atoms. The molecule has 0 heterocycles. The third-order valence-corrected chi connectivity index (χ3v) is 0. The molecule has 0 aromatic rings. The Labute approximate surface area is 60.3 Å². The molecule has 0 saturated carbocycles. The van der Waals surface area contributed by atoms with Crippen molar-refractivity contribution in [2.75, 3.05) is 0 Å². The molecule has 0 amide bonds. The van der Waals surface area contributed by atoms with Gasteiger partial charge >= 0.3 is 37.7 Å². The first-order valence-corrected chi connectivity index (χ1v) is 0. The summed E-state index contributed by atoms with van der Waals surface area (Å²) in [5, 5.41) is 0. The molecule has 4 heteroatoms. The summed E-state index contributed by atoms with van der Waals surface area (Å²) in [6.45, 7) is 0. The van der Waals surface area contributed by atoms with Gasteiger partial charge in [0.15, 0.2) is 0 Å². The van der Waals surface area contributed by atoms with E-state index in [1.54, 1.807) is 0 Å². The van der Waals surface area contributed by atoms with Crippen molar-refractivity contribution in [1.82, 2.24) is 6.15 Å². The van der Waals surface area contributed by atoms with Crippen molar-refractivity contribution in [2.45, 2.75) is 0 Å². The van der Waals surface area contributed by atoms with Crippen LogP contribution in [0.5, 0.6) is 0 Å². The largest absolute Gasteiger partial charge is 2.00 e. The summed E-state index contributed by atoms with van der Waals surface area (Å²) < 4.78 is 0. The molecule has 16 valence electrons. The molecule has 0 fully saturated rings. The first-order chi connectivity index (χ1) is 0. The van der Waals surface area contributed by atoms with Crippen molar-refractivity contribution in [1.29, 1.82) is 0 Å². The van der Waals surface area contributed by atoms with Gasteiger partial charge < -0.3 is 23.0 Å². The van der Waals surface area contributed by atoms with E-state index in [1.807, 2.05) is 0 Å². The summed E-state index contributed by atoms with van der Waals surface area (Å²) in [7, 11) is 0. The second-order valence-corrected chi connectivity index (χ2v) is 0. The fourth-order valence-corrected chi connectivity index (χ4v) is 0. The fourth-order valence-electron chi connectivity index (χ4n) is 0. The smallest absolute Gasteiger partial charge is 1.00 e. The van der Waals surface area contributed by atoms with E-state index in [9.17, 15) is 0 Å². The van der Waals surface area contributed by atoms with Crippen LogP contribution in [-0.2, 0) is 0 Å². The summed E-state index contributed by atoms with van der Waals surface area (Å²) in [6.07, 6.45) is 0. The number of rotatable bonds is 0. The fraction of sp³-hybridized carbons (Fsp3) is 0. The van der Waals surface area contributed by atoms with E-state index in [1.165, 1.54) is 0 Å². The molecule has 1 nitrogen and oxygen atoms in total. The number of hydrogen-bond acceptors (Lipinski definition) is 1. The van der Waals surface area contributed by atoms with Gasteiger partial charge in [0.25, 0.3) is 0 Å². The van der Waals surface area contributed by atoms with Crippen molar-refractivity contribution in [3.63, 3.8) is 0 Å². The average molecular weight is 78.7 g/mol. The molecule has 0 unspecified atom stereocenters. The maximum atomic E-state index is 0. The summed E-state index contributed by atoms with van der Waals surface area (Å²) in [5.74, 6) is 0. The van der Waals surface area contributed by atoms with Crippen LogP contribution >= 0.6 is 0 Å². The third kappa shape index (κ3) is 10.2. The molecule has 3 N–H and O–H groups in total. The first kappa shape index (κ1) is 55.6. The van der Waals surface area contributed by atoms with Crippen molar-refractivity contribution in [2.24, 2.45) is 0 Å². The summed E-state index contributed by atoms with van der Waals surface area (Å²) >= 11 is 0. The normalized spacial score (nSPS) is 0. The molecule has 4 heavy (non-hydrogen) atoms. The van der Waals surface area contributed by atoms with Crippen LogP contribution in [0.3, 0.4) is 0 Å². The second-order valence-electron chi connectivity index (χ2n) is 0. The molecule has 0 aromatic heterocycles. The molecule has 0 rings (SSSR count). The van der Waals surface area contributed by atoms with E-state index in [0.29, 0.717) is 0 Å². The quantitative estimate of drug-likeness (QED) is 0.372. The predicted molar refractivity (Wildman–Crippen MR) is 22.3 cm³/mol. The van der Waals surface area contributed by atoms with Crippen molar-refractivity contribution in [3.8, 4) is 0 Å². The van der Waals surface area contributed by atoms with Gasteiger partial charge in [-0.05, 0) is 0 Å². The first-order valence-electron chi connectivity index (χ1n) is 0. The molecule has 0 bridgehead atoms. The van der Waals surface area contributed by atoms with Crippen LogP contribution in [0.2, 0.25) is 0 Å². The van der Waals surface area contributed by atoms with Gasteiger partial charge in [-0.2, -0.15) is 0 Å². The van der Waals surface area contributed by atoms with E-state index in [2.05, 4.69) is 0 Å². The minimum absolute atomic E-state index is 0. The molecular weight excluding hydrogens is 75.7 g/mol. The molecule has 0 aliphatic rings. The Morgan fingerprint density at radius 1 is 0.750 bits per heavy atom. The number of hydrogen-bond donors (Lipinski definition) is 1. The average Bonchev–Trinajstić information content (AvgIpc) is 0. The van der Waals surface area contributed by atoms with Gasteiger partial charge in [0, 0.05) is 0 Å². The molecule has 0 saturated heterocycles. The molecule has 0 aliphatic carbocycles. The van der Waals surface area contributed by atoms with Gasteiger partial charge in [-0.25, -0.2) is 0 Å². The van der Waals surface area contributed by atoms with Crippen LogP contribution in [0, 0.1) is 0 Å². The van der Waals surface area contributed by atoms with E-state index >= 15 is 0 Å². The maximum Gasteiger partial charge on any atom is 2.00 e. The van der Waals surface area contributed by atoms with Crippen LogP contribution in [0.25, 0.3) is 0 Å². The van der Waals surface area contributed by atoms with E-state index < -0.39 is 0 Å². The van der Waals surface area contributed by atoms with Gasteiger partial charge in [-0.15, -0.1) is 0 Å². The minimum Gasteiger partial charge on any atom is -1.00 e. The van der Waals surface area contributed by atoms with E-state index in [0.717, 1.165) is 0 Å². The Hall–Kier alpha value is 1.35. The Bertz CT molecular complexity index is 6.00. The van der Waals surface area contributed by atoms with Crippen molar-refractivity contribution >= 4 is 54.6 Å². The Balaban J connectivity index is 0. The van der Waals surface area contributed by atoms with E-state index in [4.69, 9.17) is 0 Å². The molecule has 0 aliphatic heterocycles. The van der Waals surface area contributed by atoms with E-state index in [-0.39, 0.29) is 60.7 Å². The van der Waals surface area contributed by atoms with Crippen LogP contribution in [0.1, 0.15) is 0 Å². The Kier molecular flexibility index (Phi) is 372. The molecule has 8 radical (unpaired) electrons. The van der Waals surface area contributed by atoms with Gasteiger partial charge in [0.2, 0.25) is 0 Å². The Morgan fingerprint density at radius 2 is 0.750 bits per heavy atom. The standard InChI is InChI=1S/2B.Ca.H3N/h;;;1H3/q2*-1;+2;. The zero-order valence-electron chi connectivity index (χ0n) is 2.57. The second kappa shape index (κ2) is 26.8. The summed E-state index contributed by atoms with van der Waals surface area (Å²) in [5.41, 5.74) is 0. The van der Waals surface area contributed by atoms with Crippen LogP contribution in [0.15, 0.2) is 0 Å². The third-order valence-electron chi connectivity index (χ3n) is 0. The monoisotopic (exact) mass is 79.0 g/mol. The van der Waals surface area contributed by atoms with Crippen LogP contribution in [0.4, 0.5) is 0 Å². The van der Waals surface area contributed by atoms with Crippen LogP contribution < -0.4 is 6.15 Å². The van der Waals surface area contributed by atoms with Crippen LogP contribution in [-0.4, -0.2) is 54.6 Å². The van der Waals surface area contributed by atoms with Gasteiger partial charge in [-0.3, -0.25) is 0 Å².